The van der Waals surface area contributed by atoms with E-state index in [1.54, 1.807) is 16.5 Å². The lowest BCUT2D eigenvalue weighted by Gasteiger charge is -2.35. The van der Waals surface area contributed by atoms with E-state index in [4.69, 9.17) is 9.47 Å². The summed E-state index contributed by atoms with van der Waals surface area (Å²) in [4.78, 5) is 14.4. The number of methoxy groups -OCH3 is 1. The molecule has 3 rings (SSSR count). The number of benzene rings is 1. The van der Waals surface area contributed by atoms with Gasteiger partial charge < -0.3 is 14.4 Å². The summed E-state index contributed by atoms with van der Waals surface area (Å²) in [6, 6.07) is 8.00. The third kappa shape index (κ3) is 3.78. The average molecular weight is 358 g/mol. The van der Waals surface area contributed by atoms with Gasteiger partial charge in [-0.05, 0) is 30.5 Å². The van der Waals surface area contributed by atoms with Crippen molar-refractivity contribution >= 4 is 5.91 Å². The van der Waals surface area contributed by atoms with Crippen LogP contribution in [0.15, 0.2) is 30.5 Å². The number of hydrogen-bond acceptors (Lipinski definition) is 5. The van der Waals surface area contributed by atoms with Crippen molar-refractivity contribution in [2.75, 3.05) is 26.9 Å². The van der Waals surface area contributed by atoms with E-state index in [1.165, 1.54) is 12.7 Å². The van der Waals surface area contributed by atoms with Crippen molar-refractivity contribution < 1.29 is 14.3 Å². The molecule has 0 N–H and O–H groups in total. The average Bonchev–Trinajstić information content (AvgIpc) is 3.17. The predicted octanol–water partition coefficient (Wildman–Crippen LogP) is 2.33. The minimum Gasteiger partial charge on any atom is -0.377 e. The van der Waals surface area contributed by atoms with E-state index in [0.717, 1.165) is 5.69 Å². The lowest BCUT2D eigenvalue weighted by atomic mass is 10.0. The number of morpholine rings is 1. The molecule has 2 atom stereocenters. The Morgan fingerprint density at radius 2 is 2.00 bits per heavy atom. The fraction of sp³-hybridized carbons (Fsp3) is 0.526. The van der Waals surface area contributed by atoms with Crippen LogP contribution in [0.1, 0.15) is 44.0 Å². The summed E-state index contributed by atoms with van der Waals surface area (Å²) in [6.07, 6.45) is 1.37. The SMILES string of the molecule is CO[C@H](C)C(=O)N1CCOCC1c1cn(-c2ccc(C(C)C)cc2)nn1. The van der Waals surface area contributed by atoms with Crippen LogP contribution in [-0.2, 0) is 14.3 Å². The Labute approximate surface area is 153 Å². The molecule has 0 bridgehead atoms. The van der Waals surface area contributed by atoms with Gasteiger partial charge in [0.15, 0.2) is 0 Å². The maximum atomic E-state index is 12.6. The summed E-state index contributed by atoms with van der Waals surface area (Å²) >= 11 is 0. The molecule has 2 aromatic rings. The molecule has 1 aliphatic rings. The minimum atomic E-state index is -0.491. The molecule has 0 aliphatic carbocycles. The highest BCUT2D eigenvalue weighted by atomic mass is 16.5. The Kier molecular flexibility index (Phi) is 5.68. The van der Waals surface area contributed by atoms with Gasteiger partial charge in [0, 0.05) is 13.7 Å². The number of aromatic nitrogens is 3. The first-order chi connectivity index (χ1) is 12.5. The van der Waals surface area contributed by atoms with Gasteiger partial charge in [0.05, 0.1) is 25.1 Å². The topological polar surface area (TPSA) is 69.5 Å². The van der Waals surface area contributed by atoms with Crippen LogP contribution in [0.2, 0.25) is 0 Å². The largest absolute Gasteiger partial charge is 0.377 e. The molecule has 0 spiro atoms. The van der Waals surface area contributed by atoms with Crippen molar-refractivity contribution in [3.63, 3.8) is 0 Å². The van der Waals surface area contributed by atoms with Crippen molar-refractivity contribution in [3.05, 3.63) is 41.7 Å². The fourth-order valence-electron chi connectivity index (χ4n) is 3.01. The van der Waals surface area contributed by atoms with Crippen molar-refractivity contribution in [2.24, 2.45) is 0 Å². The molecule has 26 heavy (non-hydrogen) atoms. The van der Waals surface area contributed by atoms with Crippen LogP contribution in [0.3, 0.4) is 0 Å². The molecule has 0 radical (unpaired) electrons. The molecular weight excluding hydrogens is 332 g/mol. The maximum absolute atomic E-state index is 12.6. The zero-order valence-corrected chi connectivity index (χ0v) is 15.8. The van der Waals surface area contributed by atoms with Crippen LogP contribution in [0.4, 0.5) is 0 Å². The molecule has 1 amide bonds. The Hall–Kier alpha value is -2.25. The quantitative estimate of drug-likeness (QED) is 0.820. The highest BCUT2D eigenvalue weighted by Gasteiger charge is 2.33. The van der Waals surface area contributed by atoms with Gasteiger partial charge in [0.2, 0.25) is 0 Å². The summed E-state index contributed by atoms with van der Waals surface area (Å²) in [5.74, 6) is 0.425. The van der Waals surface area contributed by atoms with Crippen LogP contribution in [0.25, 0.3) is 5.69 Å². The Bertz CT molecular complexity index is 741. The van der Waals surface area contributed by atoms with E-state index < -0.39 is 6.10 Å². The van der Waals surface area contributed by atoms with Crippen LogP contribution < -0.4 is 0 Å². The van der Waals surface area contributed by atoms with Gasteiger partial charge in [-0.25, -0.2) is 4.68 Å². The molecule has 1 aliphatic heterocycles. The zero-order chi connectivity index (χ0) is 18.7. The molecule has 7 nitrogen and oxygen atoms in total. The number of amides is 1. The first-order valence-electron chi connectivity index (χ1n) is 8.95. The van der Waals surface area contributed by atoms with Crippen LogP contribution in [0.5, 0.6) is 0 Å². The molecule has 2 heterocycles. The molecule has 7 heteroatoms. The molecule has 140 valence electrons. The smallest absolute Gasteiger partial charge is 0.252 e. The van der Waals surface area contributed by atoms with Crippen LogP contribution >= 0.6 is 0 Å². The van der Waals surface area contributed by atoms with Gasteiger partial charge in [-0.2, -0.15) is 0 Å². The van der Waals surface area contributed by atoms with Crippen LogP contribution in [0, 0.1) is 0 Å². The van der Waals surface area contributed by atoms with E-state index in [2.05, 4.69) is 36.3 Å². The predicted molar refractivity (Wildman–Crippen MR) is 97.2 cm³/mol. The second kappa shape index (κ2) is 7.97. The minimum absolute atomic E-state index is 0.0587. The summed E-state index contributed by atoms with van der Waals surface area (Å²) in [5.41, 5.74) is 2.93. The Balaban J connectivity index is 1.82. The molecule has 1 fully saturated rings. The van der Waals surface area contributed by atoms with Crippen LogP contribution in [-0.4, -0.2) is 58.8 Å². The van der Waals surface area contributed by atoms with E-state index >= 15 is 0 Å². The van der Waals surface area contributed by atoms with Crippen molar-refractivity contribution in [1.29, 1.82) is 0 Å². The molecule has 0 saturated carbocycles. The zero-order valence-electron chi connectivity index (χ0n) is 15.8. The Morgan fingerprint density at radius 3 is 2.65 bits per heavy atom. The summed E-state index contributed by atoms with van der Waals surface area (Å²) < 4.78 is 12.5. The molecule has 1 aromatic heterocycles. The fourth-order valence-corrected chi connectivity index (χ4v) is 3.01. The molecule has 1 saturated heterocycles. The second-order valence-electron chi connectivity index (χ2n) is 6.83. The lowest BCUT2D eigenvalue weighted by Crippen LogP contribution is -2.47. The van der Waals surface area contributed by atoms with Gasteiger partial charge in [-0.15, -0.1) is 5.10 Å². The number of hydrogen-bond donors (Lipinski definition) is 0. The standard InChI is InChI=1S/C19H26N4O3/c1-13(2)15-5-7-16(8-6-15)23-11-17(20-21-23)18-12-26-10-9-22(18)19(24)14(3)25-4/h5-8,11,13-14,18H,9-10,12H2,1-4H3/t14-,18?/m1/s1. The van der Waals surface area contributed by atoms with Gasteiger partial charge >= 0.3 is 0 Å². The van der Waals surface area contributed by atoms with Gasteiger partial charge in [-0.3, -0.25) is 4.79 Å². The first kappa shape index (κ1) is 18.5. The summed E-state index contributed by atoms with van der Waals surface area (Å²) in [5, 5.41) is 8.53. The van der Waals surface area contributed by atoms with E-state index in [1.807, 2.05) is 18.3 Å². The maximum Gasteiger partial charge on any atom is 0.252 e. The highest BCUT2D eigenvalue weighted by molar-refractivity contribution is 5.81. The first-order valence-corrected chi connectivity index (χ1v) is 8.95. The van der Waals surface area contributed by atoms with E-state index in [-0.39, 0.29) is 11.9 Å². The number of carbonyl (C=O) groups is 1. The molecular formula is C19H26N4O3. The molecule has 1 unspecified atom stereocenters. The van der Waals surface area contributed by atoms with Crippen molar-refractivity contribution in [3.8, 4) is 5.69 Å². The van der Waals surface area contributed by atoms with Crippen molar-refractivity contribution in [2.45, 2.75) is 38.8 Å². The summed E-state index contributed by atoms with van der Waals surface area (Å²) in [7, 11) is 1.54. The number of nitrogens with zero attached hydrogens (tertiary/aromatic N) is 4. The summed E-state index contributed by atoms with van der Waals surface area (Å²) in [6.45, 7) is 7.53. The number of rotatable bonds is 5. The van der Waals surface area contributed by atoms with Gasteiger partial charge in [0.25, 0.3) is 5.91 Å². The van der Waals surface area contributed by atoms with Gasteiger partial charge in [-0.1, -0.05) is 31.2 Å². The molecule has 1 aromatic carbocycles. The third-order valence-corrected chi connectivity index (χ3v) is 4.79. The highest BCUT2D eigenvalue weighted by Crippen LogP contribution is 2.24. The van der Waals surface area contributed by atoms with Crippen molar-refractivity contribution in [1.82, 2.24) is 19.9 Å². The Morgan fingerprint density at radius 1 is 1.27 bits per heavy atom. The lowest BCUT2D eigenvalue weighted by molar-refractivity contribution is -0.150. The number of ether oxygens (including phenoxy) is 2. The van der Waals surface area contributed by atoms with E-state index in [9.17, 15) is 4.79 Å². The number of carbonyl (C=O) groups excluding carboxylic acids is 1. The van der Waals surface area contributed by atoms with Gasteiger partial charge in [0.1, 0.15) is 17.8 Å². The normalized spacial score (nSPS) is 19.0. The third-order valence-electron chi connectivity index (χ3n) is 4.79. The monoisotopic (exact) mass is 358 g/mol. The second-order valence-corrected chi connectivity index (χ2v) is 6.83. The van der Waals surface area contributed by atoms with E-state index in [0.29, 0.717) is 31.4 Å².